The number of nitrogens with one attached hydrogen (secondary N) is 1. The summed E-state index contributed by atoms with van der Waals surface area (Å²) in [6.45, 7) is 5.11. The third kappa shape index (κ3) is 2.99. The predicted octanol–water partition coefficient (Wildman–Crippen LogP) is 2.04. The van der Waals surface area contributed by atoms with E-state index >= 15 is 0 Å². The number of halogens is 1. The molecule has 0 bridgehead atoms. The molecule has 2 N–H and O–H groups in total. The second-order valence-corrected chi connectivity index (χ2v) is 5.89. The minimum Gasteiger partial charge on any atom is -0.480 e. The lowest BCUT2D eigenvalue weighted by Crippen LogP contribution is -2.51. The molecule has 2 rings (SSSR count). The Labute approximate surface area is 121 Å². The molecular weight excluding hydrogens is 308 g/mol. The van der Waals surface area contributed by atoms with Gasteiger partial charge in [-0.15, -0.1) is 0 Å². The van der Waals surface area contributed by atoms with Crippen LogP contribution in [0.5, 0.6) is 0 Å². The van der Waals surface area contributed by atoms with Crippen molar-refractivity contribution in [1.82, 2.24) is 10.2 Å². The van der Waals surface area contributed by atoms with Gasteiger partial charge in [-0.25, -0.2) is 4.79 Å². The smallest absolute Gasteiger partial charge is 0.328 e. The van der Waals surface area contributed by atoms with E-state index in [1.165, 1.54) is 0 Å². The number of carboxylic acids is 1. The second-order valence-electron chi connectivity index (χ2n) is 4.98. The molecule has 0 amide bonds. The van der Waals surface area contributed by atoms with E-state index in [4.69, 9.17) is 0 Å². The van der Waals surface area contributed by atoms with E-state index in [-0.39, 0.29) is 0 Å². The zero-order valence-electron chi connectivity index (χ0n) is 11.0. The van der Waals surface area contributed by atoms with Gasteiger partial charge in [0.25, 0.3) is 0 Å². The zero-order chi connectivity index (χ0) is 13.9. The van der Waals surface area contributed by atoms with Crippen molar-refractivity contribution in [3.8, 4) is 0 Å². The van der Waals surface area contributed by atoms with Crippen LogP contribution in [0.4, 0.5) is 0 Å². The molecule has 0 radical (unpaired) electrons. The molecule has 4 nitrogen and oxygen atoms in total. The van der Waals surface area contributed by atoms with E-state index in [0.29, 0.717) is 0 Å². The van der Waals surface area contributed by atoms with Crippen LogP contribution in [0.1, 0.15) is 18.9 Å². The molecule has 1 aliphatic heterocycles. The number of aliphatic carboxylic acids is 1. The van der Waals surface area contributed by atoms with E-state index in [1.807, 2.05) is 24.3 Å². The number of hydrogen-bond acceptors (Lipinski definition) is 3. The van der Waals surface area contributed by atoms with Gasteiger partial charge in [-0.3, -0.25) is 4.90 Å². The van der Waals surface area contributed by atoms with Gasteiger partial charge in [0, 0.05) is 24.1 Å². The lowest BCUT2D eigenvalue weighted by molar-refractivity contribution is -0.151. The van der Waals surface area contributed by atoms with Crippen LogP contribution in [0.2, 0.25) is 0 Å². The summed E-state index contributed by atoms with van der Waals surface area (Å²) in [7, 11) is 0. The van der Waals surface area contributed by atoms with Crippen molar-refractivity contribution in [2.75, 3.05) is 26.2 Å². The van der Waals surface area contributed by atoms with Crippen molar-refractivity contribution >= 4 is 21.9 Å². The van der Waals surface area contributed by atoms with Crippen LogP contribution in [0, 0.1) is 0 Å². The van der Waals surface area contributed by atoms with Gasteiger partial charge in [-0.2, -0.15) is 0 Å². The highest BCUT2D eigenvalue weighted by atomic mass is 79.9. The molecule has 1 aromatic rings. The highest BCUT2D eigenvalue weighted by Crippen LogP contribution is 2.31. The number of hydrogen-bond donors (Lipinski definition) is 2. The summed E-state index contributed by atoms with van der Waals surface area (Å²) in [6, 6.07) is 7.58. The molecule has 1 atom stereocenters. The molecular formula is C14H19BrN2O2. The third-order valence-electron chi connectivity index (χ3n) is 3.78. The lowest BCUT2D eigenvalue weighted by atomic mass is 9.89. The molecule has 0 aromatic heterocycles. The predicted molar refractivity (Wildman–Crippen MR) is 78.2 cm³/mol. The minimum atomic E-state index is -0.976. The van der Waals surface area contributed by atoms with E-state index in [0.717, 1.165) is 42.6 Å². The van der Waals surface area contributed by atoms with Crippen LogP contribution in [0.3, 0.4) is 0 Å². The van der Waals surface area contributed by atoms with Crippen molar-refractivity contribution in [1.29, 1.82) is 0 Å². The second kappa shape index (κ2) is 6.03. The van der Waals surface area contributed by atoms with Crippen molar-refractivity contribution < 1.29 is 9.90 Å². The van der Waals surface area contributed by atoms with Crippen molar-refractivity contribution in [2.24, 2.45) is 0 Å². The molecule has 0 saturated carbocycles. The highest BCUT2D eigenvalue weighted by molar-refractivity contribution is 9.10. The quantitative estimate of drug-likeness (QED) is 0.892. The Morgan fingerprint density at radius 2 is 2.21 bits per heavy atom. The van der Waals surface area contributed by atoms with Crippen LogP contribution in [0.25, 0.3) is 0 Å². The summed E-state index contributed by atoms with van der Waals surface area (Å²) in [5, 5.41) is 13.1. The number of carbonyl (C=O) groups is 1. The molecule has 1 saturated heterocycles. The first-order valence-electron chi connectivity index (χ1n) is 6.50. The van der Waals surface area contributed by atoms with Gasteiger partial charge < -0.3 is 10.4 Å². The first-order valence-corrected chi connectivity index (χ1v) is 7.29. The monoisotopic (exact) mass is 326 g/mol. The van der Waals surface area contributed by atoms with E-state index in [9.17, 15) is 9.90 Å². The van der Waals surface area contributed by atoms with Gasteiger partial charge in [0.1, 0.15) is 5.54 Å². The molecule has 0 spiro atoms. The Kier molecular flexibility index (Phi) is 4.60. The van der Waals surface area contributed by atoms with Crippen molar-refractivity contribution in [2.45, 2.75) is 18.9 Å². The van der Waals surface area contributed by atoms with Crippen LogP contribution < -0.4 is 5.32 Å². The number of rotatable bonds is 3. The maximum Gasteiger partial charge on any atom is 0.328 e. The summed E-state index contributed by atoms with van der Waals surface area (Å²) in [5.41, 5.74) is -0.160. The molecule has 1 heterocycles. The van der Waals surface area contributed by atoms with Gasteiger partial charge >= 0.3 is 5.97 Å². The van der Waals surface area contributed by atoms with Gasteiger partial charge in [0.05, 0.1) is 0 Å². The molecule has 1 fully saturated rings. The molecule has 5 heteroatoms. The molecule has 1 aliphatic rings. The maximum atomic E-state index is 11.9. The summed E-state index contributed by atoms with van der Waals surface area (Å²) in [4.78, 5) is 13.9. The average molecular weight is 327 g/mol. The normalized spacial score (nSPS) is 20.5. The van der Waals surface area contributed by atoms with E-state index in [1.54, 1.807) is 6.92 Å². The third-order valence-corrected chi connectivity index (χ3v) is 4.27. The fourth-order valence-electron chi connectivity index (χ4n) is 2.53. The highest BCUT2D eigenvalue weighted by Gasteiger charge is 2.41. The van der Waals surface area contributed by atoms with Crippen LogP contribution in [-0.2, 0) is 10.3 Å². The Morgan fingerprint density at radius 1 is 1.42 bits per heavy atom. The van der Waals surface area contributed by atoms with Gasteiger partial charge in [-0.05, 0) is 37.6 Å². The van der Waals surface area contributed by atoms with Crippen LogP contribution >= 0.6 is 15.9 Å². The summed E-state index contributed by atoms with van der Waals surface area (Å²) < 4.78 is 0.908. The first-order chi connectivity index (χ1) is 9.05. The Morgan fingerprint density at radius 3 is 2.89 bits per heavy atom. The van der Waals surface area contributed by atoms with E-state index < -0.39 is 11.5 Å². The Hall–Kier alpha value is -0.910. The fourth-order valence-corrected chi connectivity index (χ4v) is 2.92. The molecule has 0 aliphatic carbocycles. The van der Waals surface area contributed by atoms with Gasteiger partial charge in [0.2, 0.25) is 0 Å². The lowest BCUT2D eigenvalue weighted by Gasteiger charge is -2.37. The average Bonchev–Trinajstić information content (AvgIpc) is 2.66. The summed E-state index contributed by atoms with van der Waals surface area (Å²) >= 11 is 3.42. The number of nitrogens with zero attached hydrogens (tertiary/aromatic N) is 1. The molecule has 1 unspecified atom stereocenters. The van der Waals surface area contributed by atoms with Crippen molar-refractivity contribution in [3.05, 3.63) is 34.3 Å². The maximum absolute atomic E-state index is 11.9. The molecule has 104 valence electrons. The van der Waals surface area contributed by atoms with E-state index in [2.05, 4.69) is 26.1 Å². The summed E-state index contributed by atoms with van der Waals surface area (Å²) in [5.74, 6) is -0.799. The fraction of sp³-hybridized carbons (Fsp3) is 0.500. The first kappa shape index (κ1) is 14.5. The SMILES string of the molecule is CC(C(=O)O)(c1cccc(Br)c1)N1CCCNCC1. The molecule has 19 heavy (non-hydrogen) atoms. The van der Waals surface area contributed by atoms with Crippen LogP contribution in [0.15, 0.2) is 28.7 Å². The van der Waals surface area contributed by atoms with Crippen LogP contribution in [-0.4, -0.2) is 42.2 Å². The van der Waals surface area contributed by atoms with Crippen molar-refractivity contribution in [3.63, 3.8) is 0 Å². The van der Waals surface area contributed by atoms with Gasteiger partial charge in [0.15, 0.2) is 0 Å². The number of benzene rings is 1. The largest absolute Gasteiger partial charge is 0.480 e. The number of carboxylic acid groups (broad SMARTS) is 1. The van der Waals surface area contributed by atoms with Gasteiger partial charge in [-0.1, -0.05) is 28.1 Å². The Bertz CT molecular complexity index is 459. The zero-order valence-corrected chi connectivity index (χ0v) is 12.6. The minimum absolute atomic E-state index is 0.745. The standard InChI is InChI=1S/C14H19BrN2O2/c1-14(13(18)19,11-4-2-5-12(15)10-11)17-8-3-6-16-7-9-17/h2,4-5,10,16H,3,6-9H2,1H3,(H,18,19). The topological polar surface area (TPSA) is 52.6 Å². The summed E-state index contributed by atoms with van der Waals surface area (Å²) in [6.07, 6.45) is 0.969. The molecule has 1 aromatic carbocycles. The Balaban J connectivity index is 2.38.